The van der Waals surface area contributed by atoms with Gasteiger partial charge in [-0.3, -0.25) is 0 Å². The van der Waals surface area contributed by atoms with Crippen molar-refractivity contribution in [1.82, 2.24) is 0 Å². The van der Waals surface area contributed by atoms with Gasteiger partial charge in [0.05, 0.1) is 79.3 Å². The molecular weight excluding hydrogens is 383 g/mol. The largest absolute Gasteiger partial charge is 0.466 e. The molecule has 0 atom stereocenters. The van der Waals surface area contributed by atoms with Crippen molar-refractivity contribution < 1.29 is 64.1 Å². The molecule has 9 N–H and O–H groups in total. The third kappa shape index (κ3) is 89.0. The molecule has 0 unspecified atom stereocenters. The molecule has 0 bridgehead atoms. The highest BCUT2D eigenvalue weighted by molar-refractivity contribution is 7.45. The van der Waals surface area contributed by atoms with Gasteiger partial charge in [0.15, 0.2) is 0 Å². The molecule has 0 aliphatic heterocycles. The van der Waals surface area contributed by atoms with E-state index in [0.717, 1.165) is 0 Å². The summed E-state index contributed by atoms with van der Waals surface area (Å²) >= 11 is 0. The Balaban J connectivity index is -0.000000125. The molecule has 0 aromatic carbocycles. The van der Waals surface area contributed by atoms with Crippen LogP contribution in [0, 0.1) is 0 Å². The molecule has 0 amide bonds. The molecule has 0 saturated carbocycles. The fourth-order valence-electron chi connectivity index (χ4n) is 0.693. The van der Waals surface area contributed by atoms with Gasteiger partial charge in [-0.15, -0.1) is 0 Å². The summed E-state index contributed by atoms with van der Waals surface area (Å²) in [6, 6.07) is 0. The summed E-state index contributed by atoms with van der Waals surface area (Å²) in [4.78, 5) is 21.6. The van der Waals surface area contributed by atoms with Crippen molar-refractivity contribution in [3.05, 3.63) is 0 Å². The van der Waals surface area contributed by atoms with E-state index in [9.17, 15) is 0 Å². The lowest BCUT2D eigenvalue weighted by Crippen LogP contribution is -2.03. The van der Waals surface area contributed by atoms with Gasteiger partial charge in [0.25, 0.3) is 0 Å². The number of aliphatic hydroxyl groups is 6. The minimum absolute atomic E-state index is 0.0278. The number of ether oxygens (including phenoxy) is 3. The van der Waals surface area contributed by atoms with E-state index in [2.05, 4.69) is 14.2 Å². The van der Waals surface area contributed by atoms with Crippen LogP contribution in [0.25, 0.3) is 0 Å². The van der Waals surface area contributed by atoms with Gasteiger partial charge < -0.3 is 59.5 Å². The maximum atomic E-state index is 8.88. The summed E-state index contributed by atoms with van der Waals surface area (Å²) < 4.78 is 22.8. The second-order valence-corrected chi connectivity index (χ2v) is 4.72. The van der Waals surface area contributed by atoms with Gasteiger partial charge in [0, 0.05) is 0 Å². The third-order valence-electron chi connectivity index (χ3n) is 1.41. The highest BCUT2D eigenvalue weighted by Crippen LogP contribution is 2.25. The van der Waals surface area contributed by atoms with Crippen molar-refractivity contribution in [1.29, 1.82) is 0 Å². The van der Waals surface area contributed by atoms with Crippen LogP contribution in [-0.2, 0) is 18.8 Å². The maximum absolute atomic E-state index is 8.88. The maximum Gasteiger partial charge on any atom is 0.466 e. The minimum atomic E-state index is -4.64. The van der Waals surface area contributed by atoms with Crippen LogP contribution in [0.4, 0.5) is 0 Å². The summed E-state index contributed by atoms with van der Waals surface area (Å²) in [7, 11) is -4.64. The van der Waals surface area contributed by atoms with E-state index in [4.69, 9.17) is 49.9 Å². The van der Waals surface area contributed by atoms with Gasteiger partial charge in [0.2, 0.25) is 0 Å². The predicted octanol–water partition coefficient (Wildman–Crippen LogP) is -3.97. The topological polar surface area (TPSA) is 227 Å². The molecule has 164 valence electrons. The van der Waals surface area contributed by atoms with Crippen molar-refractivity contribution in [2.45, 2.75) is 0 Å². The molecule has 0 saturated heterocycles. The van der Waals surface area contributed by atoms with Gasteiger partial charge in [-0.25, -0.2) is 4.57 Å². The highest BCUT2D eigenvalue weighted by atomic mass is 31.2. The molecule has 0 spiro atoms. The number of hydrogen-bond acceptors (Lipinski definition) is 10. The molecule has 0 aromatic heterocycles. The summed E-state index contributed by atoms with van der Waals surface area (Å²) in [6.45, 7) is 2.09. The summed E-state index contributed by atoms with van der Waals surface area (Å²) in [5.41, 5.74) is 0. The average Bonchev–Trinajstić information content (AvgIpc) is 2.56. The lowest BCUT2D eigenvalue weighted by atomic mass is 10.7. The Kier molecular flexibility index (Phi) is 41.6. The van der Waals surface area contributed by atoms with E-state index < -0.39 is 7.82 Å². The molecule has 0 radical (unpaired) electrons. The van der Waals surface area contributed by atoms with Crippen molar-refractivity contribution in [3.8, 4) is 0 Å². The van der Waals surface area contributed by atoms with Crippen molar-refractivity contribution >= 4 is 7.82 Å². The number of phosphoric acid groups is 1. The summed E-state index contributed by atoms with van der Waals surface area (Å²) in [5, 5.41) is 48.5. The quantitative estimate of drug-likeness (QED) is 0.109. The van der Waals surface area contributed by atoms with Gasteiger partial charge in [-0.2, -0.15) is 0 Å². The molecule has 0 aromatic rings. The zero-order valence-corrected chi connectivity index (χ0v) is 15.5. The average molecular weight is 416 g/mol. The zero-order valence-electron chi connectivity index (χ0n) is 14.6. The predicted molar refractivity (Wildman–Crippen MR) is 89.2 cm³/mol. The van der Waals surface area contributed by atoms with Crippen LogP contribution in [0.2, 0.25) is 0 Å². The Bertz CT molecular complexity index is 207. The van der Waals surface area contributed by atoms with Crippen LogP contribution in [0.1, 0.15) is 0 Å². The second kappa shape index (κ2) is 32.4. The smallest absolute Gasteiger partial charge is 0.394 e. The first-order chi connectivity index (χ1) is 12.2. The second-order valence-electron chi connectivity index (χ2n) is 3.69. The van der Waals surface area contributed by atoms with E-state index in [1.807, 2.05) is 0 Å². The van der Waals surface area contributed by atoms with Crippen molar-refractivity contribution in [2.24, 2.45) is 0 Å². The fourth-order valence-corrected chi connectivity index (χ4v) is 0.693. The minimum Gasteiger partial charge on any atom is -0.394 e. The first kappa shape index (κ1) is 33.3. The van der Waals surface area contributed by atoms with E-state index in [-0.39, 0.29) is 39.6 Å². The molecule has 26 heavy (non-hydrogen) atoms. The van der Waals surface area contributed by atoms with E-state index in [1.165, 1.54) is 0 Å². The van der Waals surface area contributed by atoms with Crippen LogP contribution in [0.3, 0.4) is 0 Å². The van der Waals surface area contributed by atoms with Crippen LogP contribution in [-0.4, -0.2) is 125 Å². The van der Waals surface area contributed by atoms with E-state index >= 15 is 0 Å². The number of hydrogen-bond donors (Lipinski definition) is 9. The Morgan fingerprint density at radius 2 is 0.577 bits per heavy atom. The van der Waals surface area contributed by atoms with Gasteiger partial charge in [-0.05, 0) is 0 Å². The normalized spacial score (nSPS) is 9.88. The summed E-state index contributed by atoms with van der Waals surface area (Å²) in [5.74, 6) is 0. The third-order valence-corrected chi connectivity index (χ3v) is 1.41. The van der Waals surface area contributed by atoms with Crippen LogP contribution in [0.15, 0.2) is 0 Å². The Morgan fingerprint density at radius 3 is 0.654 bits per heavy atom. The SMILES string of the molecule is O=P(O)(O)O.OCCOCCO.OCCOCCO.OCCOCCO. The van der Waals surface area contributed by atoms with Crippen LogP contribution in [0.5, 0.6) is 0 Å². The van der Waals surface area contributed by atoms with E-state index in [0.29, 0.717) is 39.6 Å². The Morgan fingerprint density at radius 1 is 0.462 bits per heavy atom. The molecule has 13 nitrogen and oxygen atoms in total. The standard InChI is InChI=1S/3C4H10O3.H3O4P/c3*5-1-3-7-4-2-6;1-5(2,3)4/h3*5-6H,1-4H2;(H3,1,2,3,4). The molecule has 0 rings (SSSR count). The Labute approximate surface area is 152 Å². The first-order valence-electron chi connectivity index (χ1n) is 7.41. The number of aliphatic hydroxyl groups excluding tert-OH is 6. The molecule has 0 fully saturated rings. The fraction of sp³-hybridized carbons (Fsp3) is 1.00. The summed E-state index contributed by atoms with van der Waals surface area (Å²) in [6.07, 6.45) is 0. The Hall–Kier alpha value is -0.250. The molecule has 0 aliphatic carbocycles. The molecule has 14 heteroatoms. The van der Waals surface area contributed by atoms with Crippen LogP contribution < -0.4 is 0 Å². The van der Waals surface area contributed by atoms with Crippen molar-refractivity contribution in [3.63, 3.8) is 0 Å². The van der Waals surface area contributed by atoms with Gasteiger partial charge >= 0.3 is 7.82 Å². The lowest BCUT2D eigenvalue weighted by molar-refractivity contribution is 0.0649. The molecule has 0 aliphatic rings. The van der Waals surface area contributed by atoms with Gasteiger partial charge in [0.1, 0.15) is 0 Å². The molecule has 0 heterocycles. The first-order valence-corrected chi connectivity index (χ1v) is 8.98. The van der Waals surface area contributed by atoms with Crippen LogP contribution >= 0.6 is 7.82 Å². The number of rotatable bonds is 12. The highest BCUT2D eigenvalue weighted by Gasteiger charge is 2.00. The van der Waals surface area contributed by atoms with E-state index in [1.54, 1.807) is 0 Å². The van der Waals surface area contributed by atoms with Crippen molar-refractivity contribution in [2.75, 3.05) is 79.3 Å². The monoisotopic (exact) mass is 416 g/mol. The lowest BCUT2D eigenvalue weighted by Gasteiger charge is -1.94. The zero-order chi connectivity index (χ0) is 21.1. The van der Waals surface area contributed by atoms with Gasteiger partial charge in [-0.1, -0.05) is 0 Å². The molecular formula is C12H33O13P.